The van der Waals surface area contributed by atoms with Crippen LogP contribution in [0.2, 0.25) is 5.02 Å². The van der Waals surface area contributed by atoms with E-state index >= 15 is 0 Å². The fourth-order valence-corrected chi connectivity index (χ4v) is 4.01. The fourth-order valence-electron chi connectivity index (χ4n) is 3.82. The van der Waals surface area contributed by atoms with Gasteiger partial charge in [-0.2, -0.15) is 5.11 Å². The summed E-state index contributed by atoms with van der Waals surface area (Å²) in [4.78, 5) is 4.88. The molecule has 26 heavy (non-hydrogen) atoms. The predicted molar refractivity (Wildman–Crippen MR) is 108 cm³/mol. The number of nitrogens with zero attached hydrogens (tertiary/aromatic N) is 3. The molecule has 0 bridgehead atoms. The number of anilines is 1. The SMILES string of the molecule is Clc1ccccc1CN=NC1=Nc2ccccc2NC12CCCCCC2. The second kappa shape index (κ2) is 7.58. The maximum atomic E-state index is 6.23. The second-order valence-electron chi connectivity index (χ2n) is 7.06. The topological polar surface area (TPSA) is 49.1 Å². The first kappa shape index (κ1) is 17.2. The van der Waals surface area contributed by atoms with Crippen molar-refractivity contribution in [3.63, 3.8) is 0 Å². The van der Waals surface area contributed by atoms with Crippen LogP contribution < -0.4 is 5.32 Å². The van der Waals surface area contributed by atoms with Gasteiger partial charge in [0, 0.05) is 5.02 Å². The summed E-state index contributed by atoms with van der Waals surface area (Å²) in [7, 11) is 0. The van der Waals surface area contributed by atoms with Crippen molar-refractivity contribution in [2.24, 2.45) is 15.2 Å². The van der Waals surface area contributed by atoms with E-state index in [1.165, 1.54) is 25.7 Å². The summed E-state index contributed by atoms with van der Waals surface area (Å²) in [5.74, 6) is 0.810. The Balaban J connectivity index is 1.64. The van der Waals surface area contributed by atoms with Gasteiger partial charge in [-0.1, -0.05) is 67.6 Å². The Bertz CT molecular complexity index is 835. The molecular weight excluding hydrogens is 344 g/mol. The molecular formula is C21H23ClN4. The first-order valence-corrected chi connectivity index (χ1v) is 9.72. The van der Waals surface area contributed by atoms with Crippen molar-refractivity contribution in [2.75, 3.05) is 5.32 Å². The molecule has 1 N–H and O–H groups in total. The number of para-hydroxylation sites is 2. The number of fused-ring (bicyclic) bond motifs is 1. The molecule has 1 aliphatic carbocycles. The van der Waals surface area contributed by atoms with Crippen molar-refractivity contribution in [1.29, 1.82) is 0 Å². The van der Waals surface area contributed by atoms with E-state index < -0.39 is 0 Å². The Labute approximate surface area is 159 Å². The van der Waals surface area contributed by atoms with Crippen molar-refractivity contribution >= 4 is 28.8 Å². The van der Waals surface area contributed by atoms with Gasteiger partial charge >= 0.3 is 0 Å². The summed E-state index contributed by atoms with van der Waals surface area (Å²) in [6.45, 7) is 0.469. The molecule has 1 saturated carbocycles. The number of benzene rings is 2. The van der Waals surface area contributed by atoms with Crippen LogP contribution in [0.3, 0.4) is 0 Å². The smallest absolute Gasteiger partial charge is 0.176 e. The molecule has 0 radical (unpaired) electrons. The van der Waals surface area contributed by atoms with Crippen molar-refractivity contribution in [3.05, 3.63) is 59.1 Å². The van der Waals surface area contributed by atoms with E-state index in [4.69, 9.17) is 16.6 Å². The molecule has 0 atom stereocenters. The summed E-state index contributed by atoms with van der Waals surface area (Å²) in [5.41, 5.74) is 2.82. The van der Waals surface area contributed by atoms with E-state index in [1.807, 2.05) is 36.4 Å². The molecule has 2 aromatic carbocycles. The highest BCUT2D eigenvalue weighted by atomic mass is 35.5. The standard InChI is InChI=1S/C21H23ClN4/c22-17-10-4-3-9-16(17)15-23-26-20-21(13-7-1-2-8-14-21)25-19-12-6-5-11-18(19)24-20/h3-6,9-12,25H,1-2,7-8,13-15H2. The van der Waals surface area contributed by atoms with E-state index in [2.05, 4.69) is 27.7 Å². The Kier molecular flexibility index (Phi) is 5.02. The number of aliphatic imine (C=N–C) groups is 1. The van der Waals surface area contributed by atoms with Crippen LogP contribution in [-0.4, -0.2) is 11.4 Å². The highest BCUT2D eigenvalue weighted by Gasteiger charge is 2.39. The molecule has 0 saturated heterocycles. The number of hydrogen-bond donors (Lipinski definition) is 1. The van der Waals surface area contributed by atoms with Crippen molar-refractivity contribution in [3.8, 4) is 0 Å². The summed E-state index contributed by atoms with van der Waals surface area (Å²) in [6, 6.07) is 15.9. The maximum Gasteiger partial charge on any atom is 0.176 e. The van der Waals surface area contributed by atoms with Gasteiger partial charge in [0.1, 0.15) is 0 Å². The molecule has 0 aromatic heterocycles. The molecule has 1 aliphatic heterocycles. The minimum absolute atomic E-state index is 0.200. The molecule has 0 unspecified atom stereocenters. The average Bonchev–Trinajstić information content (AvgIpc) is 2.90. The molecule has 134 valence electrons. The number of azo groups is 1. The van der Waals surface area contributed by atoms with Crippen LogP contribution in [0.25, 0.3) is 0 Å². The van der Waals surface area contributed by atoms with Crippen LogP contribution in [0.5, 0.6) is 0 Å². The van der Waals surface area contributed by atoms with E-state index in [9.17, 15) is 0 Å². The largest absolute Gasteiger partial charge is 0.371 e. The Hall–Kier alpha value is -2.20. The van der Waals surface area contributed by atoms with Gasteiger partial charge in [0.05, 0.1) is 23.5 Å². The molecule has 1 fully saturated rings. The lowest BCUT2D eigenvalue weighted by molar-refractivity contribution is 0.521. The summed E-state index contributed by atoms with van der Waals surface area (Å²) >= 11 is 6.23. The molecule has 0 amide bonds. The summed E-state index contributed by atoms with van der Waals surface area (Å²) < 4.78 is 0. The Morgan fingerprint density at radius 1 is 0.962 bits per heavy atom. The lowest BCUT2D eigenvalue weighted by atomic mass is 9.87. The molecule has 2 aromatic rings. The summed E-state index contributed by atoms with van der Waals surface area (Å²) in [5, 5.41) is 13.5. The summed E-state index contributed by atoms with van der Waals surface area (Å²) in [6.07, 6.45) is 7.02. The first-order valence-electron chi connectivity index (χ1n) is 9.34. The third-order valence-corrected chi connectivity index (χ3v) is 5.62. The predicted octanol–water partition coefficient (Wildman–Crippen LogP) is 6.54. The highest BCUT2D eigenvalue weighted by molar-refractivity contribution is 6.31. The van der Waals surface area contributed by atoms with Gasteiger partial charge in [-0.05, 0) is 36.6 Å². The molecule has 2 aliphatic rings. The van der Waals surface area contributed by atoms with Crippen LogP contribution in [0.15, 0.2) is 63.8 Å². The zero-order valence-electron chi connectivity index (χ0n) is 14.8. The number of amidine groups is 1. The van der Waals surface area contributed by atoms with Gasteiger partial charge in [-0.25, -0.2) is 4.99 Å². The fraction of sp³-hybridized carbons (Fsp3) is 0.381. The number of rotatable bonds is 2. The minimum atomic E-state index is -0.200. The van der Waals surface area contributed by atoms with Crippen LogP contribution in [-0.2, 0) is 6.54 Å². The van der Waals surface area contributed by atoms with Gasteiger partial charge in [0.25, 0.3) is 0 Å². The zero-order chi connectivity index (χ0) is 17.8. The number of nitrogens with one attached hydrogen (secondary N) is 1. The van der Waals surface area contributed by atoms with Crippen LogP contribution in [0.1, 0.15) is 44.1 Å². The van der Waals surface area contributed by atoms with E-state index in [1.54, 1.807) is 0 Å². The average molecular weight is 367 g/mol. The minimum Gasteiger partial charge on any atom is -0.371 e. The van der Waals surface area contributed by atoms with Crippen molar-refractivity contribution < 1.29 is 0 Å². The van der Waals surface area contributed by atoms with Gasteiger partial charge in [0.2, 0.25) is 0 Å². The molecule has 1 heterocycles. The van der Waals surface area contributed by atoms with Gasteiger partial charge in [0.15, 0.2) is 5.84 Å². The number of hydrogen-bond acceptors (Lipinski definition) is 4. The lowest BCUT2D eigenvalue weighted by Crippen LogP contribution is -2.46. The third kappa shape index (κ3) is 3.51. The van der Waals surface area contributed by atoms with Gasteiger partial charge < -0.3 is 5.32 Å². The molecule has 4 nitrogen and oxygen atoms in total. The lowest BCUT2D eigenvalue weighted by Gasteiger charge is -2.37. The van der Waals surface area contributed by atoms with Crippen LogP contribution in [0.4, 0.5) is 11.4 Å². The quantitative estimate of drug-likeness (QED) is 0.602. The van der Waals surface area contributed by atoms with Gasteiger partial charge in [-0.3, -0.25) is 0 Å². The molecule has 1 spiro atoms. The highest BCUT2D eigenvalue weighted by Crippen LogP contribution is 2.40. The monoisotopic (exact) mass is 366 g/mol. The van der Waals surface area contributed by atoms with E-state index in [0.717, 1.165) is 40.6 Å². The second-order valence-corrected chi connectivity index (χ2v) is 7.47. The van der Waals surface area contributed by atoms with Crippen molar-refractivity contribution in [2.45, 2.75) is 50.6 Å². The van der Waals surface area contributed by atoms with E-state index in [0.29, 0.717) is 6.54 Å². The third-order valence-electron chi connectivity index (χ3n) is 5.25. The Morgan fingerprint density at radius 3 is 2.50 bits per heavy atom. The zero-order valence-corrected chi connectivity index (χ0v) is 15.5. The van der Waals surface area contributed by atoms with Gasteiger partial charge in [-0.15, -0.1) is 5.11 Å². The van der Waals surface area contributed by atoms with Crippen molar-refractivity contribution in [1.82, 2.24) is 0 Å². The van der Waals surface area contributed by atoms with Crippen LogP contribution >= 0.6 is 11.6 Å². The number of halogens is 1. The van der Waals surface area contributed by atoms with E-state index in [-0.39, 0.29) is 5.54 Å². The maximum absolute atomic E-state index is 6.23. The molecule has 5 heteroatoms. The normalized spacial score (nSPS) is 18.9. The molecule has 4 rings (SSSR count). The first-order chi connectivity index (χ1) is 12.8. The Morgan fingerprint density at radius 2 is 1.69 bits per heavy atom. The van der Waals surface area contributed by atoms with Crippen LogP contribution in [0, 0.1) is 0 Å².